The molecule has 2 aliphatic rings. The van der Waals surface area contributed by atoms with Crippen LogP contribution in [-0.2, 0) is 5.41 Å². The number of hydrogen-bond donors (Lipinski definition) is 1. The molecule has 0 saturated heterocycles. The first-order valence-electron chi connectivity index (χ1n) is 19.2. The molecule has 11 rings (SSSR count). The van der Waals surface area contributed by atoms with E-state index in [-0.39, 0.29) is 0 Å². The van der Waals surface area contributed by atoms with Gasteiger partial charge in [0.15, 0.2) is 17.5 Å². The highest BCUT2D eigenvalue weighted by Crippen LogP contribution is 2.63. The third kappa shape index (κ3) is 5.20. The molecule has 0 N–H and O–H groups in total. The van der Waals surface area contributed by atoms with Crippen LogP contribution in [-0.4, -0.2) is 15.0 Å². The van der Waals surface area contributed by atoms with Gasteiger partial charge in [-0.3, -0.25) is 0 Å². The predicted octanol–water partition coefficient (Wildman–Crippen LogP) is 13.0. The van der Waals surface area contributed by atoms with Crippen LogP contribution in [0, 0.1) is 0 Å². The lowest BCUT2D eigenvalue weighted by atomic mass is 9.64. The maximum Gasteiger partial charge on any atom is 0.164 e. The summed E-state index contributed by atoms with van der Waals surface area (Å²) in [6.45, 7) is 0. The Labute approximate surface area is 337 Å². The summed E-state index contributed by atoms with van der Waals surface area (Å²) < 4.78 is 0. The number of anilines is 3. The molecular weight excluding hydrogens is 713 g/mol. The van der Waals surface area contributed by atoms with Gasteiger partial charge in [-0.15, -0.1) is 12.6 Å². The highest BCUT2D eigenvalue weighted by Gasteiger charge is 2.51. The minimum absolute atomic E-state index is 0.440. The van der Waals surface area contributed by atoms with Crippen molar-refractivity contribution >= 4 is 29.7 Å². The molecule has 0 saturated carbocycles. The van der Waals surface area contributed by atoms with Gasteiger partial charge in [0.05, 0.1) is 16.8 Å². The minimum atomic E-state index is -0.440. The van der Waals surface area contributed by atoms with Crippen LogP contribution in [0.15, 0.2) is 205 Å². The Kier molecular flexibility index (Phi) is 7.76. The number of rotatable bonds is 5. The van der Waals surface area contributed by atoms with Crippen molar-refractivity contribution in [3.63, 3.8) is 0 Å². The third-order valence-electron chi connectivity index (χ3n) is 11.4. The van der Waals surface area contributed by atoms with E-state index in [9.17, 15) is 0 Å². The van der Waals surface area contributed by atoms with Gasteiger partial charge in [0.1, 0.15) is 0 Å². The molecule has 1 aliphatic carbocycles. The van der Waals surface area contributed by atoms with Crippen LogP contribution in [0.3, 0.4) is 0 Å². The summed E-state index contributed by atoms with van der Waals surface area (Å²) in [5.41, 5.74) is 15.6. The number of nitrogens with zero attached hydrogens (tertiary/aromatic N) is 4. The second-order valence-electron chi connectivity index (χ2n) is 14.5. The number of hydrogen-bond acceptors (Lipinski definition) is 5. The lowest BCUT2D eigenvalue weighted by Gasteiger charge is -2.45. The van der Waals surface area contributed by atoms with Gasteiger partial charge in [-0.25, -0.2) is 15.0 Å². The van der Waals surface area contributed by atoms with E-state index in [0.717, 1.165) is 49.8 Å². The summed E-state index contributed by atoms with van der Waals surface area (Å²) in [6, 6.07) is 70.8. The van der Waals surface area contributed by atoms with Crippen molar-refractivity contribution in [2.45, 2.75) is 10.3 Å². The molecule has 0 bridgehead atoms. The number of para-hydroxylation sites is 2. The van der Waals surface area contributed by atoms with E-state index in [0.29, 0.717) is 17.5 Å². The molecule has 1 spiro atoms. The van der Waals surface area contributed by atoms with E-state index in [2.05, 4.69) is 144 Å². The Morgan fingerprint density at radius 1 is 0.351 bits per heavy atom. The summed E-state index contributed by atoms with van der Waals surface area (Å²) in [6.07, 6.45) is 0. The lowest BCUT2D eigenvalue weighted by molar-refractivity contribution is 0.752. The first-order chi connectivity index (χ1) is 28.2. The molecule has 8 aromatic carbocycles. The van der Waals surface area contributed by atoms with Crippen molar-refractivity contribution in [1.29, 1.82) is 0 Å². The van der Waals surface area contributed by atoms with E-state index in [4.69, 9.17) is 27.6 Å². The van der Waals surface area contributed by atoms with Crippen molar-refractivity contribution in [1.82, 2.24) is 15.0 Å². The fraction of sp³-hybridized carbons (Fsp3) is 0.0192. The van der Waals surface area contributed by atoms with E-state index >= 15 is 0 Å². The van der Waals surface area contributed by atoms with Gasteiger partial charge in [0.2, 0.25) is 0 Å². The molecule has 0 radical (unpaired) electrons. The van der Waals surface area contributed by atoms with Crippen molar-refractivity contribution in [2.24, 2.45) is 0 Å². The first kappa shape index (κ1) is 33.3. The molecule has 9 aromatic rings. The molecule has 1 aromatic heterocycles. The maximum absolute atomic E-state index is 5.14. The van der Waals surface area contributed by atoms with Gasteiger partial charge in [0, 0.05) is 27.3 Å². The van der Waals surface area contributed by atoms with Gasteiger partial charge in [0.25, 0.3) is 0 Å². The minimum Gasteiger partial charge on any atom is -0.310 e. The second-order valence-corrected chi connectivity index (χ2v) is 15.0. The average molecular weight is 747 g/mol. The number of thiol groups is 1. The van der Waals surface area contributed by atoms with Gasteiger partial charge >= 0.3 is 0 Å². The molecule has 2 heterocycles. The van der Waals surface area contributed by atoms with Crippen LogP contribution in [0.25, 0.3) is 56.4 Å². The normalized spacial score (nSPS) is 13.1. The molecule has 0 fully saturated rings. The highest BCUT2D eigenvalue weighted by atomic mass is 32.1. The van der Waals surface area contributed by atoms with E-state index in [1.165, 1.54) is 33.4 Å². The molecule has 268 valence electrons. The summed E-state index contributed by atoms with van der Waals surface area (Å²) >= 11 is 5.14. The van der Waals surface area contributed by atoms with Crippen molar-refractivity contribution in [3.05, 3.63) is 222 Å². The van der Waals surface area contributed by atoms with E-state index in [1.807, 2.05) is 60.7 Å². The second kappa shape index (κ2) is 13.3. The molecule has 0 atom stereocenters. The number of benzene rings is 8. The molecule has 0 amide bonds. The Hall–Kier alpha value is -7.08. The van der Waals surface area contributed by atoms with E-state index < -0.39 is 5.41 Å². The topological polar surface area (TPSA) is 41.9 Å². The Morgan fingerprint density at radius 2 is 0.754 bits per heavy atom. The van der Waals surface area contributed by atoms with Gasteiger partial charge in [-0.1, -0.05) is 176 Å². The maximum atomic E-state index is 5.14. The van der Waals surface area contributed by atoms with Crippen molar-refractivity contribution in [3.8, 4) is 56.4 Å². The number of aromatic nitrogens is 3. The highest BCUT2D eigenvalue weighted by molar-refractivity contribution is 7.80. The summed E-state index contributed by atoms with van der Waals surface area (Å²) in [5, 5.41) is 0. The molecule has 5 heteroatoms. The first-order valence-corrected chi connectivity index (χ1v) is 19.6. The van der Waals surface area contributed by atoms with Crippen molar-refractivity contribution < 1.29 is 0 Å². The predicted molar refractivity (Wildman–Crippen MR) is 234 cm³/mol. The van der Waals surface area contributed by atoms with Crippen molar-refractivity contribution in [2.75, 3.05) is 4.90 Å². The standard InChI is InChI=1S/C52H34N4S/c57-48-33-38(31-32-39(48)34-27-29-37(30-28-34)51-54-49(35-15-3-1-4-16-35)53-50(55-51)36-17-5-2-6-18-36)56-46-25-13-11-23-44(46)52(45-24-12-14-26-47(45)56)42-21-9-7-19-40(42)41-20-8-10-22-43(41)52/h1-33,57H. The monoisotopic (exact) mass is 746 g/mol. The molecule has 4 nitrogen and oxygen atoms in total. The summed E-state index contributed by atoms with van der Waals surface area (Å²) in [4.78, 5) is 18.0. The summed E-state index contributed by atoms with van der Waals surface area (Å²) in [5.74, 6) is 1.91. The smallest absolute Gasteiger partial charge is 0.164 e. The van der Waals surface area contributed by atoms with Gasteiger partial charge in [-0.2, -0.15) is 0 Å². The Bertz CT molecular complexity index is 2830. The fourth-order valence-corrected chi connectivity index (χ4v) is 9.32. The quantitative estimate of drug-likeness (QED) is 0.178. The molecular formula is C52H34N4S. The van der Waals surface area contributed by atoms with Crippen LogP contribution in [0.4, 0.5) is 17.1 Å². The fourth-order valence-electron chi connectivity index (χ4n) is 8.98. The van der Waals surface area contributed by atoms with Crippen LogP contribution < -0.4 is 4.90 Å². The summed E-state index contributed by atoms with van der Waals surface area (Å²) in [7, 11) is 0. The van der Waals surface area contributed by atoms with Crippen LogP contribution >= 0.6 is 12.6 Å². The lowest BCUT2D eigenvalue weighted by Crippen LogP contribution is -2.36. The SMILES string of the molecule is Sc1cc(N2c3ccccc3C3(c4ccccc4-c4ccccc43)c3ccccc32)ccc1-c1ccc(-c2nc(-c3ccccc3)nc(-c3ccccc3)n2)cc1. The average Bonchev–Trinajstić information content (AvgIpc) is 3.58. The zero-order chi connectivity index (χ0) is 37.9. The van der Waals surface area contributed by atoms with Gasteiger partial charge in [-0.05, 0) is 68.8 Å². The largest absolute Gasteiger partial charge is 0.310 e. The van der Waals surface area contributed by atoms with Gasteiger partial charge < -0.3 is 4.90 Å². The Morgan fingerprint density at radius 3 is 1.25 bits per heavy atom. The molecule has 57 heavy (non-hydrogen) atoms. The van der Waals surface area contributed by atoms with Crippen LogP contribution in [0.5, 0.6) is 0 Å². The molecule has 0 unspecified atom stereocenters. The third-order valence-corrected chi connectivity index (χ3v) is 11.8. The number of fused-ring (bicyclic) bond motifs is 9. The molecule has 1 aliphatic heterocycles. The van der Waals surface area contributed by atoms with Crippen LogP contribution in [0.1, 0.15) is 22.3 Å². The zero-order valence-corrected chi connectivity index (χ0v) is 31.7. The van der Waals surface area contributed by atoms with E-state index in [1.54, 1.807) is 0 Å². The Balaban J connectivity index is 0.987. The zero-order valence-electron chi connectivity index (χ0n) is 30.8. The van der Waals surface area contributed by atoms with Crippen LogP contribution in [0.2, 0.25) is 0 Å².